The summed E-state index contributed by atoms with van der Waals surface area (Å²) < 4.78 is 0.844. The average Bonchev–Trinajstić information content (AvgIpc) is 2.92. The van der Waals surface area contributed by atoms with E-state index in [2.05, 4.69) is 89.9 Å². The molecule has 2 aliphatic heterocycles. The number of aryl methyl sites for hydroxylation is 1. The monoisotopic (exact) mass is 521 g/mol. The molecule has 0 atom stereocenters. The first-order chi connectivity index (χ1) is 19.0. The van der Waals surface area contributed by atoms with E-state index in [0.29, 0.717) is 6.54 Å². The number of primary amides is 1. The summed E-state index contributed by atoms with van der Waals surface area (Å²) in [6, 6.07) is 26.0. The van der Waals surface area contributed by atoms with Gasteiger partial charge in [-0.1, -0.05) is 54.1 Å². The van der Waals surface area contributed by atoms with E-state index in [1.165, 1.54) is 28.8 Å². The number of piperidine rings is 1. The van der Waals surface area contributed by atoms with Gasteiger partial charge in [-0.05, 0) is 43.2 Å². The lowest BCUT2D eigenvalue weighted by Crippen LogP contribution is -2.55. The number of aromatic nitrogens is 2. The van der Waals surface area contributed by atoms with Crippen LogP contribution < -0.4 is 20.4 Å². The van der Waals surface area contributed by atoms with E-state index < -0.39 is 0 Å². The van der Waals surface area contributed by atoms with Gasteiger partial charge in [0.05, 0.1) is 18.6 Å². The zero-order valence-electron chi connectivity index (χ0n) is 22.6. The fourth-order valence-electron chi connectivity index (χ4n) is 5.93. The SMILES string of the molecule is Cc1ccc2nc(N3CCC3)nc(NCc3ccc([N+]4(Cc5ccccc5)CCC(C(N)=O)CC4)cc3)c2c1. The summed E-state index contributed by atoms with van der Waals surface area (Å²) in [7, 11) is 0. The van der Waals surface area contributed by atoms with Gasteiger partial charge in [-0.2, -0.15) is 4.98 Å². The van der Waals surface area contributed by atoms with Crippen LogP contribution >= 0.6 is 0 Å². The molecular formula is C32H37N6O+. The quantitative estimate of drug-likeness (QED) is 0.313. The van der Waals surface area contributed by atoms with E-state index in [4.69, 9.17) is 15.7 Å². The van der Waals surface area contributed by atoms with Crippen molar-refractivity contribution in [1.29, 1.82) is 0 Å². The molecule has 4 aromatic rings. The van der Waals surface area contributed by atoms with E-state index in [9.17, 15) is 4.79 Å². The number of carbonyl (C=O) groups is 1. The second-order valence-corrected chi connectivity index (χ2v) is 11.2. The summed E-state index contributed by atoms with van der Waals surface area (Å²) in [6.45, 7) is 7.55. The van der Waals surface area contributed by atoms with Gasteiger partial charge < -0.3 is 16.0 Å². The van der Waals surface area contributed by atoms with Crippen LogP contribution in [0, 0.1) is 12.8 Å². The number of quaternary nitrogens is 1. The van der Waals surface area contributed by atoms with Crippen molar-refractivity contribution in [2.75, 3.05) is 36.4 Å². The number of benzene rings is 3. The number of amides is 1. The van der Waals surface area contributed by atoms with Gasteiger partial charge >= 0.3 is 0 Å². The van der Waals surface area contributed by atoms with Gasteiger partial charge in [-0.3, -0.25) is 9.28 Å². The molecule has 7 heteroatoms. The van der Waals surface area contributed by atoms with Crippen LogP contribution in [0.1, 0.15) is 36.0 Å². The molecule has 3 aromatic carbocycles. The van der Waals surface area contributed by atoms with Crippen LogP contribution in [0.25, 0.3) is 10.9 Å². The molecule has 2 saturated heterocycles. The molecule has 7 nitrogen and oxygen atoms in total. The number of fused-ring (bicyclic) bond motifs is 1. The van der Waals surface area contributed by atoms with Gasteiger partial charge in [0.1, 0.15) is 18.1 Å². The molecule has 200 valence electrons. The summed E-state index contributed by atoms with van der Waals surface area (Å²) in [6.07, 6.45) is 2.84. The van der Waals surface area contributed by atoms with Gasteiger partial charge in [0.15, 0.2) is 0 Å². The number of nitrogens with zero attached hydrogens (tertiary/aromatic N) is 4. The number of likely N-dealkylation sites (tertiary alicyclic amines) is 1. The summed E-state index contributed by atoms with van der Waals surface area (Å²) in [5.74, 6) is 1.50. The standard InChI is InChI=1S/C32H36N6O/c1-23-8-13-29-28(20-23)31(36-32(35-29)37-16-5-17-37)34-21-24-9-11-27(12-10-24)38(22-25-6-3-2-4-7-25)18-14-26(15-19-38)30(33)39/h2-4,6-13,20,26H,5,14-19,21-22H2,1H3,(H2-,33,34,35,36,39)/p+1. The van der Waals surface area contributed by atoms with Crippen molar-refractivity contribution in [2.24, 2.45) is 11.7 Å². The lowest BCUT2D eigenvalue weighted by atomic mass is 9.92. The molecule has 6 rings (SSSR count). The van der Waals surface area contributed by atoms with Gasteiger partial charge in [0, 0.05) is 49.3 Å². The number of hydrogen-bond donors (Lipinski definition) is 2. The summed E-state index contributed by atoms with van der Waals surface area (Å²) in [5.41, 5.74) is 11.6. The Balaban J connectivity index is 1.23. The van der Waals surface area contributed by atoms with Gasteiger partial charge in [0.25, 0.3) is 0 Å². The third-order valence-electron chi connectivity index (χ3n) is 8.46. The number of carbonyl (C=O) groups excluding carboxylic acids is 1. The fourth-order valence-corrected chi connectivity index (χ4v) is 5.93. The Morgan fingerprint density at radius 2 is 1.72 bits per heavy atom. The van der Waals surface area contributed by atoms with Crippen LogP contribution in [0.15, 0.2) is 72.8 Å². The smallest absolute Gasteiger partial charge is 0.227 e. The zero-order valence-corrected chi connectivity index (χ0v) is 22.6. The minimum atomic E-state index is -0.168. The molecule has 0 radical (unpaired) electrons. The molecule has 2 fully saturated rings. The molecule has 0 spiro atoms. The Morgan fingerprint density at radius 3 is 2.38 bits per heavy atom. The highest BCUT2D eigenvalue weighted by Gasteiger charge is 2.38. The molecule has 0 bridgehead atoms. The number of anilines is 2. The van der Waals surface area contributed by atoms with Crippen LogP contribution in [0.5, 0.6) is 0 Å². The van der Waals surface area contributed by atoms with Crippen LogP contribution in [0.3, 0.4) is 0 Å². The van der Waals surface area contributed by atoms with Crippen LogP contribution in [-0.2, 0) is 17.9 Å². The predicted octanol–water partition coefficient (Wildman–Crippen LogP) is 5.16. The van der Waals surface area contributed by atoms with E-state index in [1.54, 1.807) is 0 Å². The molecule has 1 aromatic heterocycles. The maximum atomic E-state index is 11.9. The maximum Gasteiger partial charge on any atom is 0.227 e. The highest BCUT2D eigenvalue weighted by molar-refractivity contribution is 5.90. The Hall–Kier alpha value is -3.97. The Labute approximate surface area is 230 Å². The number of hydrogen-bond acceptors (Lipinski definition) is 5. The van der Waals surface area contributed by atoms with E-state index >= 15 is 0 Å². The Morgan fingerprint density at radius 1 is 0.974 bits per heavy atom. The van der Waals surface area contributed by atoms with E-state index in [-0.39, 0.29) is 11.8 Å². The molecule has 39 heavy (non-hydrogen) atoms. The van der Waals surface area contributed by atoms with Crippen LogP contribution in [0.4, 0.5) is 17.5 Å². The molecular weight excluding hydrogens is 484 g/mol. The lowest BCUT2D eigenvalue weighted by molar-refractivity contribution is -0.123. The van der Waals surface area contributed by atoms with Crippen molar-refractivity contribution in [1.82, 2.24) is 14.5 Å². The second-order valence-electron chi connectivity index (χ2n) is 11.2. The molecule has 2 aliphatic rings. The second kappa shape index (κ2) is 10.7. The van der Waals surface area contributed by atoms with Crippen molar-refractivity contribution >= 4 is 34.3 Å². The van der Waals surface area contributed by atoms with Gasteiger partial charge in [-0.15, -0.1) is 0 Å². The highest BCUT2D eigenvalue weighted by Crippen LogP contribution is 2.34. The zero-order chi connectivity index (χ0) is 26.8. The Bertz CT molecular complexity index is 1460. The molecule has 0 unspecified atom stereocenters. The van der Waals surface area contributed by atoms with Gasteiger partial charge in [-0.25, -0.2) is 4.98 Å². The van der Waals surface area contributed by atoms with Crippen molar-refractivity contribution in [2.45, 2.75) is 39.3 Å². The van der Waals surface area contributed by atoms with Crippen LogP contribution in [0.2, 0.25) is 0 Å². The Kier molecular flexibility index (Phi) is 6.92. The van der Waals surface area contributed by atoms with Gasteiger partial charge in [0.2, 0.25) is 11.9 Å². The molecule has 1 amide bonds. The van der Waals surface area contributed by atoms with Crippen LogP contribution in [-0.4, -0.2) is 42.1 Å². The molecule has 0 aliphatic carbocycles. The first-order valence-corrected chi connectivity index (χ1v) is 14.1. The number of rotatable bonds is 8. The average molecular weight is 522 g/mol. The minimum absolute atomic E-state index is 0.0250. The normalized spacial score (nSPS) is 20.9. The van der Waals surface area contributed by atoms with E-state index in [0.717, 1.165) is 72.7 Å². The van der Waals surface area contributed by atoms with Crippen molar-refractivity contribution < 1.29 is 4.79 Å². The summed E-state index contributed by atoms with van der Waals surface area (Å²) in [4.78, 5) is 23.8. The molecule has 3 N–H and O–H groups in total. The minimum Gasteiger partial charge on any atom is -0.369 e. The maximum absolute atomic E-state index is 11.9. The largest absolute Gasteiger partial charge is 0.369 e. The summed E-state index contributed by atoms with van der Waals surface area (Å²) >= 11 is 0. The summed E-state index contributed by atoms with van der Waals surface area (Å²) in [5, 5.41) is 4.66. The topological polar surface area (TPSA) is 84.1 Å². The van der Waals surface area contributed by atoms with Crippen molar-refractivity contribution in [3.8, 4) is 0 Å². The predicted molar refractivity (Wildman–Crippen MR) is 158 cm³/mol. The van der Waals surface area contributed by atoms with Crippen molar-refractivity contribution in [3.05, 3.63) is 89.5 Å². The third kappa shape index (κ3) is 5.32. The first kappa shape index (κ1) is 25.3. The first-order valence-electron chi connectivity index (χ1n) is 14.1. The van der Waals surface area contributed by atoms with E-state index in [1.807, 2.05) is 0 Å². The highest BCUT2D eigenvalue weighted by atomic mass is 16.1. The number of nitrogens with two attached hydrogens (primary N) is 1. The molecule has 0 saturated carbocycles. The van der Waals surface area contributed by atoms with Crippen molar-refractivity contribution in [3.63, 3.8) is 0 Å². The fraction of sp³-hybridized carbons (Fsp3) is 0.344. The molecule has 3 heterocycles. The number of nitrogens with one attached hydrogen (secondary N) is 1. The lowest BCUT2D eigenvalue weighted by Gasteiger charge is -2.43. The third-order valence-corrected chi connectivity index (χ3v) is 8.46.